The summed E-state index contributed by atoms with van der Waals surface area (Å²) in [6.45, 7) is 0.0620. The molecule has 3 amide bonds. The summed E-state index contributed by atoms with van der Waals surface area (Å²) in [7, 11) is 0. The maximum absolute atomic E-state index is 13.0. The summed E-state index contributed by atoms with van der Waals surface area (Å²) in [6.07, 6.45) is 0.453. The Morgan fingerprint density at radius 3 is 2.97 bits per heavy atom. The van der Waals surface area contributed by atoms with Crippen molar-refractivity contribution in [1.29, 1.82) is 0 Å². The molecule has 4 heterocycles. The second kappa shape index (κ2) is 11.7. The number of aromatic nitrogens is 3. The van der Waals surface area contributed by atoms with Crippen LogP contribution in [0.4, 0.5) is 5.13 Å². The van der Waals surface area contributed by atoms with Gasteiger partial charge in [-0.25, -0.2) is 4.98 Å². The van der Waals surface area contributed by atoms with Gasteiger partial charge in [0.25, 0.3) is 5.91 Å². The van der Waals surface area contributed by atoms with Crippen LogP contribution in [-0.4, -0.2) is 97.0 Å². The summed E-state index contributed by atoms with van der Waals surface area (Å²) >= 11 is 10.6. The first-order valence-electron chi connectivity index (χ1n) is 10.2. The number of rotatable bonds is 12. The first-order chi connectivity index (χ1) is 17.4. The number of thioether (sulfide) groups is 2. The van der Waals surface area contributed by atoms with Crippen molar-refractivity contribution in [2.45, 2.75) is 15.8 Å². The molecule has 4 rings (SSSR count). The first-order valence-corrected chi connectivity index (χ1v) is 14.5. The molecule has 2 aromatic rings. The van der Waals surface area contributed by atoms with Crippen LogP contribution < -0.4 is 10.6 Å². The van der Waals surface area contributed by atoms with E-state index in [1.807, 2.05) is 0 Å². The number of thiazole rings is 1. The first kappa shape index (κ1) is 26.6. The van der Waals surface area contributed by atoms with Crippen molar-refractivity contribution in [3.8, 4) is 0 Å². The van der Waals surface area contributed by atoms with Gasteiger partial charge in [-0.1, -0.05) is 28.3 Å². The summed E-state index contributed by atoms with van der Waals surface area (Å²) in [5.41, 5.74) is 0.370. The number of carbonyl (C=O) groups excluding carboxylic acids is 3. The molecule has 0 spiro atoms. The minimum Gasteiger partial charge on any atom is -0.481 e. The Morgan fingerprint density at radius 1 is 1.44 bits per heavy atom. The van der Waals surface area contributed by atoms with Gasteiger partial charge < -0.3 is 25.5 Å². The predicted molar refractivity (Wildman–Crippen MR) is 136 cm³/mol. The lowest BCUT2D eigenvalue weighted by atomic mass is 9.89. The van der Waals surface area contributed by atoms with Crippen LogP contribution in [0.2, 0.25) is 0 Å². The van der Waals surface area contributed by atoms with E-state index in [1.54, 1.807) is 5.51 Å². The summed E-state index contributed by atoms with van der Waals surface area (Å²) in [4.78, 5) is 59.4. The molecule has 2 saturated heterocycles. The maximum Gasteiger partial charge on any atom is 0.313 e. The van der Waals surface area contributed by atoms with E-state index in [1.165, 1.54) is 45.1 Å². The number of carboxylic acid groups (broad SMARTS) is 1. The number of anilines is 1. The number of hydrogen-bond donors (Lipinski definition) is 3. The fraction of sp³-hybridized carbons (Fsp3) is 0.444. The van der Waals surface area contributed by atoms with Gasteiger partial charge in [0.2, 0.25) is 12.3 Å². The molecule has 2 fully saturated rings. The molecule has 18 heteroatoms. The fourth-order valence-corrected chi connectivity index (χ4v) is 7.46. The third kappa shape index (κ3) is 5.59. The molecule has 0 radical (unpaired) electrons. The van der Waals surface area contributed by atoms with Crippen LogP contribution >= 0.6 is 57.8 Å². The number of nitrogens with one attached hydrogen (secondary N) is 2. The third-order valence-electron chi connectivity index (χ3n) is 5.17. The minimum atomic E-state index is -1.16. The Hall–Kier alpha value is -2.47. The zero-order valence-electron chi connectivity index (χ0n) is 18.2. The third-order valence-corrected chi connectivity index (χ3v) is 9.83. The number of nitrogens with zero attached hydrogens (tertiary/aromatic N) is 5. The number of β-lactam (4-membered cyclic amide) rings is 1. The van der Waals surface area contributed by atoms with Gasteiger partial charge >= 0.3 is 5.97 Å². The Labute approximate surface area is 225 Å². The zero-order chi connectivity index (χ0) is 25.7. The van der Waals surface area contributed by atoms with Crippen LogP contribution in [-0.2, 0) is 24.0 Å². The molecule has 2 aromatic heterocycles. The lowest BCUT2D eigenvalue weighted by Gasteiger charge is -2.53. The highest BCUT2D eigenvalue weighted by molar-refractivity contribution is 8.01. The lowest BCUT2D eigenvalue weighted by molar-refractivity contribution is -0.157. The minimum absolute atomic E-state index is 0.0175. The maximum atomic E-state index is 13.0. The molecule has 36 heavy (non-hydrogen) atoms. The van der Waals surface area contributed by atoms with Crippen molar-refractivity contribution in [3.05, 3.63) is 16.6 Å². The van der Waals surface area contributed by atoms with Gasteiger partial charge in [-0.05, 0) is 0 Å². The second-order valence-corrected chi connectivity index (χ2v) is 11.9. The highest BCUT2D eigenvalue weighted by Gasteiger charge is 2.57. The Bertz CT molecular complexity index is 1160. The molecule has 0 aliphatic carbocycles. The number of fused-ring (bicyclic) bond motifs is 1. The number of halogens is 1. The van der Waals surface area contributed by atoms with Crippen LogP contribution in [0.3, 0.4) is 0 Å². The Balaban J connectivity index is 1.43. The van der Waals surface area contributed by atoms with E-state index in [4.69, 9.17) is 16.4 Å². The molecule has 13 nitrogen and oxygen atoms in total. The second-order valence-electron chi connectivity index (χ2n) is 7.46. The van der Waals surface area contributed by atoms with Crippen LogP contribution in [0.25, 0.3) is 0 Å². The summed E-state index contributed by atoms with van der Waals surface area (Å²) in [5.74, 6) is -1.47. The van der Waals surface area contributed by atoms with Gasteiger partial charge in [0.1, 0.15) is 34.6 Å². The van der Waals surface area contributed by atoms with Gasteiger partial charge in [0.05, 0.1) is 5.88 Å². The average molecular weight is 592 g/mol. The van der Waals surface area contributed by atoms with Gasteiger partial charge in [-0.15, -0.1) is 44.9 Å². The van der Waals surface area contributed by atoms with Gasteiger partial charge in [0, 0.05) is 23.4 Å². The molecule has 2 aliphatic heterocycles. The number of aliphatic carboxylic acids is 1. The molecule has 3 N–H and O–H groups in total. The lowest BCUT2D eigenvalue weighted by Crippen LogP contribution is -2.74. The number of amides is 3. The van der Waals surface area contributed by atoms with E-state index in [0.29, 0.717) is 10.7 Å². The van der Waals surface area contributed by atoms with Gasteiger partial charge in [-0.2, -0.15) is 0 Å². The fourth-order valence-electron chi connectivity index (χ4n) is 3.39. The van der Waals surface area contributed by atoms with Crippen LogP contribution in [0, 0.1) is 5.41 Å². The predicted octanol–water partition coefficient (Wildman–Crippen LogP) is 0.786. The average Bonchev–Trinajstić information content (AvgIpc) is 3.56. The standard InChI is InChI=1S/C18H18ClN7O6S4/c19-1-2-32-25-10(9-3-33-16(22-9)20-7-27)12(28)23-11-13(29)26-4-18(15(30)31,5-34-14(11)26)6-35-17-24-21-8-36-17/h3,7-8,11,14H,1-2,4-6H2,(H,23,28)(H,30,31)(H,20,22,27)/t11?,14-,18?/m1/s1. The number of carboxylic acids is 1. The van der Waals surface area contributed by atoms with E-state index in [2.05, 4.69) is 31.0 Å². The molecule has 0 saturated carbocycles. The quantitative estimate of drug-likeness (QED) is 0.0604. The number of oxime groups is 1. The largest absolute Gasteiger partial charge is 0.481 e. The topological polar surface area (TPSA) is 176 Å². The summed E-state index contributed by atoms with van der Waals surface area (Å²) < 4.78 is 0.652. The number of alkyl halides is 1. The number of hydrogen-bond acceptors (Lipinski definition) is 13. The molecular weight excluding hydrogens is 574 g/mol. The van der Waals surface area contributed by atoms with Crippen LogP contribution in [0.1, 0.15) is 5.69 Å². The van der Waals surface area contributed by atoms with E-state index >= 15 is 0 Å². The molecule has 2 aliphatic rings. The Morgan fingerprint density at radius 2 is 2.28 bits per heavy atom. The highest BCUT2D eigenvalue weighted by atomic mass is 35.5. The smallest absolute Gasteiger partial charge is 0.313 e. The highest BCUT2D eigenvalue weighted by Crippen LogP contribution is 2.44. The summed E-state index contributed by atoms with van der Waals surface area (Å²) in [6, 6.07) is -0.866. The van der Waals surface area contributed by atoms with Crippen LogP contribution in [0.15, 0.2) is 20.4 Å². The van der Waals surface area contributed by atoms with Gasteiger partial charge in [-0.3, -0.25) is 19.2 Å². The SMILES string of the molecule is O=CNc1nc(C(=NOCCCl)C(=O)NC2C(=O)N3CC(CSc4nncs4)(C(=O)O)CS[C@H]23)cs1. The van der Waals surface area contributed by atoms with E-state index in [0.717, 1.165) is 11.3 Å². The molecule has 0 bridgehead atoms. The van der Waals surface area contributed by atoms with E-state index in [-0.39, 0.29) is 47.1 Å². The monoisotopic (exact) mass is 591 g/mol. The normalized spacial score (nSPS) is 23.4. The zero-order valence-corrected chi connectivity index (χ0v) is 22.2. The molecule has 192 valence electrons. The van der Waals surface area contributed by atoms with Crippen LogP contribution in [0.5, 0.6) is 0 Å². The van der Waals surface area contributed by atoms with Crippen molar-refractivity contribution in [2.24, 2.45) is 10.6 Å². The molecule has 3 atom stereocenters. The van der Waals surface area contributed by atoms with Crippen molar-refractivity contribution < 1.29 is 29.1 Å². The van der Waals surface area contributed by atoms with E-state index < -0.39 is 34.6 Å². The van der Waals surface area contributed by atoms with E-state index in [9.17, 15) is 24.3 Å². The molecule has 0 aromatic carbocycles. The molecular formula is C18H18ClN7O6S4. The van der Waals surface area contributed by atoms with Gasteiger partial charge in [0.15, 0.2) is 15.2 Å². The number of carbonyl (C=O) groups is 4. The Kier molecular flexibility index (Phi) is 8.66. The van der Waals surface area contributed by atoms with Crippen molar-refractivity contribution in [2.75, 3.05) is 35.9 Å². The van der Waals surface area contributed by atoms with Crippen molar-refractivity contribution in [1.82, 2.24) is 25.4 Å². The van der Waals surface area contributed by atoms with Crippen molar-refractivity contribution >= 4 is 92.8 Å². The summed E-state index contributed by atoms with van der Waals surface area (Å²) in [5, 5.41) is 27.8. The van der Waals surface area contributed by atoms with Crippen molar-refractivity contribution in [3.63, 3.8) is 0 Å². The molecule has 2 unspecified atom stereocenters.